The number of aliphatic hydroxyl groups excluding tert-OH is 1. The molecule has 21 N–H and O–H groups in total. The Morgan fingerprint density at radius 2 is 0.727 bits per heavy atom. The maximum absolute atomic E-state index is 12.8. The van der Waals surface area contributed by atoms with Crippen molar-refractivity contribution in [2.24, 2.45) is 33.1 Å². The molecule has 37 heteroatoms. The first-order valence-electron chi connectivity index (χ1n) is 52.3. The second-order valence-electron chi connectivity index (χ2n) is 41.3. The molecule has 8 aromatic heterocycles. The number of amides is 3. The molecule has 3 amide bonds. The quantitative estimate of drug-likeness (QED) is 0.00438. The predicted octanol–water partition coefficient (Wildman–Crippen LogP) is 26.6. The normalized spacial score (nSPS) is 19.3. The second-order valence-corrected chi connectivity index (χ2v) is 45.0. The third-order valence-electron chi connectivity index (χ3n) is 27.6. The molecule has 8 heterocycles. The van der Waals surface area contributed by atoms with E-state index in [0.29, 0.717) is 72.1 Å². The number of H-pyrrole nitrogens is 5. The number of hydrogen-bond donors (Lipinski definition) is 14. The number of aromatic nitrogens is 5. The molecule has 0 saturated heterocycles. The van der Waals surface area contributed by atoms with Gasteiger partial charge in [-0.05, 0) is 364 Å². The summed E-state index contributed by atoms with van der Waals surface area (Å²) in [5, 5.41) is 56.5. The van der Waals surface area contributed by atoms with Crippen LogP contribution >= 0.6 is 69.7 Å². The zero-order valence-electron chi connectivity index (χ0n) is 90.0. The Bertz CT molecular complexity index is 6470. The summed E-state index contributed by atoms with van der Waals surface area (Å²) in [6, 6.07) is 42.1. The molecule has 10 atom stereocenters. The monoisotopic (exact) mass is 2250 g/mol. The van der Waals surface area contributed by atoms with Crippen LogP contribution in [0.2, 0.25) is 0 Å². The Morgan fingerprint density at radius 1 is 0.447 bits per heavy atom. The van der Waals surface area contributed by atoms with E-state index in [-0.39, 0.29) is 99.6 Å². The SMILES string of the molecule is CCN(C(=O)OC(C)(C)C)C1CCCC(c2c[nH]c3ccc(N)cc23)C1.CCN(C(=O)OC(C)(C)C)C1CCCC(c2c[nH]c3ccc(N=C(N)c4cccs4)cc23)C1.CCN(C(=O)OC(C)(C)C)C1CCCC(c2c[nH]c3ccc([N+](=O)[O-])cc23)C1.CCNC1CCCC(c2c[nH]c3ccc(N=C(N)c4cccs4)cc23)C1.CCNC1CCCC(c2c[nH]c3ccc([N+](=O)[O-])cc23)C1.CCO.CSC(=N)c1cccs1.I.NN.O. The van der Waals surface area contributed by atoms with Crippen molar-refractivity contribution in [2.75, 3.05) is 51.3 Å². The zero-order chi connectivity index (χ0) is 107. The van der Waals surface area contributed by atoms with Gasteiger partial charge >= 0.3 is 18.3 Å². The number of hydrogen-bond acceptors (Lipinski definition) is 23. The number of ether oxygens (including phenoxy) is 3. The lowest BCUT2D eigenvalue weighted by Crippen LogP contribution is -2.45. The summed E-state index contributed by atoms with van der Waals surface area (Å²) in [5.74, 6) is 11.3. The lowest BCUT2D eigenvalue weighted by atomic mass is 9.80. The van der Waals surface area contributed by atoms with Gasteiger partial charge in [0.05, 0.1) is 35.9 Å². The third-order valence-corrected chi connectivity index (χ3v) is 31.1. The van der Waals surface area contributed by atoms with Gasteiger partial charge < -0.3 is 92.2 Å². The van der Waals surface area contributed by atoms with E-state index in [1.54, 1.807) is 65.2 Å². The summed E-state index contributed by atoms with van der Waals surface area (Å²) in [4.78, 5) is 94.2. The van der Waals surface area contributed by atoms with Crippen LogP contribution in [0.1, 0.15) is 304 Å². The maximum atomic E-state index is 12.8. The van der Waals surface area contributed by atoms with Crippen LogP contribution in [0.3, 0.4) is 0 Å². The topological polar surface area (TPSA) is 508 Å². The Labute approximate surface area is 916 Å². The number of aromatic amines is 5. The summed E-state index contributed by atoms with van der Waals surface area (Å²) in [7, 11) is 0. The molecule has 5 aliphatic carbocycles. The zero-order valence-corrected chi connectivity index (χ0v) is 95.6. The average Bonchev–Trinajstić information content (AvgIpc) is 1.67. The minimum absolute atomic E-state index is 0. The van der Waals surface area contributed by atoms with E-state index in [9.17, 15) is 34.6 Å². The van der Waals surface area contributed by atoms with Crippen LogP contribution in [0.15, 0.2) is 185 Å². The Kier molecular flexibility index (Phi) is 47.7. The first-order valence-corrected chi connectivity index (χ1v) is 56.2. The molecule has 5 fully saturated rings. The molecular weight excluding hydrogens is 2080 g/mol. The number of thioether (sulfide) groups is 1. The second kappa shape index (κ2) is 58.6. The minimum atomic E-state index is -0.519. The maximum Gasteiger partial charge on any atom is 0.410 e. The Balaban J connectivity index is 0.000000202. The van der Waals surface area contributed by atoms with Crippen LogP contribution in [0, 0.1) is 25.6 Å². The van der Waals surface area contributed by atoms with E-state index in [4.69, 9.17) is 41.9 Å². The highest BCUT2D eigenvalue weighted by Crippen LogP contribution is 2.46. The van der Waals surface area contributed by atoms with E-state index in [0.717, 1.165) is 173 Å². The van der Waals surface area contributed by atoms with Gasteiger partial charge in [0.1, 0.15) is 33.5 Å². The highest BCUT2D eigenvalue weighted by atomic mass is 127. The number of nitro benzene ring substituents is 2. The summed E-state index contributed by atoms with van der Waals surface area (Å²) in [6.45, 7) is 33.4. The molecule has 816 valence electrons. The summed E-state index contributed by atoms with van der Waals surface area (Å²) < 4.78 is 16.9. The first kappa shape index (κ1) is 122. The lowest BCUT2D eigenvalue weighted by Gasteiger charge is -2.37. The smallest absolute Gasteiger partial charge is 0.410 e. The third kappa shape index (κ3) is 34.4. The number of amidine groups is 2. The summed E-state index contributed by atoms with van der Waals surface area (Å²) >= 11 is 6.29. The fraction of sp³-hybridized carbons (Fsp3) is 0.487. The van der Waals surface area contributed by atoms with Gasteiger partial charge in [-0.2, -0.15) is 0 Å². The number of rotatable bonds is 22. The largest absolute Gasteiger partial charge is 0.444 e. The molecule has 0 bridgehead atoms. The van der Waals surface area contributed by atoms with Crippen molar-refractivity contribution in [1.82, 2.24) is 50.3 Å². The number of anilines is 1. The number of nitrogens with zero attached hydrogens (tertiary/aromatic N) is 7. The number of aliphatic hydroxyl groups is 1. The molecule has 5 aliphatic rings. The molecule has 150 heavy (non-hydrogen) atoms. The Morgan fingerprint density at radius 3 is 1.01 bits per heavy atom. The van der Waals surface area contributed by atoms with Gasteiger partial charge in [0.25, 0.3) is 11.4 Å². The van der Waals surface area contributed by atoms with Gasteiger partial charge in [0.2, 0.25) is 0 Å². The van der Waals surface area contributed by atoms with E-state index < -0.39 is 16.8 Å². The molecule has 0 aliphatic heterocycles. The molecule has 18 rings (SSSR count). The van der Waals surface area contributed by atoms with Crippen molar-refractivity contribution in [3.05, 3.63) is 237 Å². The molecular formula is C113H161IN20O12S4. The molecule has 0 radical (unpaired) electrons. The molecule has 10 unspecified atom stereocenters. The van der Waals surface area contributed by atoms with E-state index in [1.165, 1.54) is 100 Å². The average molecular weight is 2250 g/mol. The fourth-order valence-corrected chi connectivity index (χ4v) is 23.6. The number of nitro groups is 2. The molecule has 13 aromatic rings. The fourth-order valence-electron chi connectivity index (χ4n) is 21.1. The molecule has 0 spiro atoms. The summed E-state index contributed by atoms with van der Waals surface area (Å²) in [5.41, 5.74) is 31.4. The van der Waals surface area contributed by atoms with Gasteiger partial charge in [-0.3, -0.25) is 37.3 Å². The van der Waals surface area contributed by atoms with Crippen LogP contribution in [0.25, 0.3) is 54.5 Å². The standard InChI is InChI=1S/C26H34N4O2S.C21H26N4S.C21H29N3O4.C21H31N3O2.C16H21N3O2.C6H7NS2.C2H6O.HI.H4N2.H2O/c1-5-30(25(31)32-26(2,3)4)19-9-6-8-17(14-19)21-16-28-22-12-11-18(15-20(21)22)29-24(27)23-10-7-13-33-23;1-2-23-15-6-3-5-14(11-15)18-13-24-19-9-8-16(12-17(18)19)25-21(22)20-7-4-10-26-20;1-5-23(20(25)28-21(2,3)4)15-8-6-7-14(11-15)18-13-22-19-10-9-16(24(26)27)12-17(18)19;1-5-24(20(25)26-21(2,3)4)16-8-6-7-14(11-16)18-13-23-19-10-9-15(22)12-17(18)19;1-2-17-12-5-3-4-11(8-12)15-10-18-16-7-6-13(19(20)21)9-14(15)16;1-8-6(7)5-3-2-4-9-5;1-2-3;;1-2;/h7,10-13,15-17,19,28H,5-6,8-9,14H2,1-4H3,(H2,27,29);4,7-10,12-15,23-24H,2-3,5-6,11H2,1H3,(H2,22,25);9-10,12-15,22H,5-8,11H2,1-4H3;9-10,12-14,16,23H,5-8,11,22H2,1-4H3;6-7,9-12,17-18H,2-5,8H2,1H3;2-4,7H,1H3;3H,2H2,1H3;1H;1-2H2;1H2. The lowest BCUT2D eigenvalue weighted by molar-refractivity contribution is -0.384. The summed E-state index contributed by atoms with van der Waals surface area (Å²) in [6.07, 6.45) is 33.7. The van der Waals surface area contributed by atoms with Crippen molar-refractivity contribution in [3.8, 4) is 0 Å². The molecule has 5 saturated carbocycles. The number of nitrogens with two attached hydrogens (primary N) is 5. The number of hydrazine groups is 1. The van der Waals surface area contributed by atoms with Crippen LogP contribution < -0.4 is 39.5 Å². The Hall–Kier alpha value is -11.2. The first-order chi connectivity index (χ1) is 70.9. The highest BCUT2D eigenvalue weighted by Gasteiger charge is 2.38. The number of fused-ring (bicyclic) bond motifs is 5. The number of nitrogens with one attached hydrogen (secondary N) is 8. The molecule has 32 nitrogen and oxygen atoms in total. The van der Waals surface area contributed by atoms with Crippen molar-refractivity contribution in [1.29, 1.82) is 5.41 Å². The van der Waals surface area contributed by atoms with Crippen LogP contribution in [0.4, 0.5) is 42.8 Å². The number of carbonyl (C=O) groups excluding carboxylic acids is 3. The minimum Gasteiger partial charge on any atom is -0.444 e. The number of aliphatic imine (C=N–C) groups is 2. The van der Waals surface area contributed by atoms with Gasteiger partial charge in [-0.1, -0.05) is 64.2 Å². The van der Waals surface area contributed by atoms with E-state index in [2.05, 4.69) is 120 Å². The van der Waals surface area contributed by atoms with Gasteiger partial charge in [0.15, 0.2) is 0 Å². The van der Waals surface area contributed by atoms with Crippen molar-refractivity contribution in [3.63, 3.8) is 0 Å². The number of halogens is 1. The van der Waals surface area contributed by atoms with E-state index >= 15 is 0 Å². The number of benzene rings is 5. The van der Waals surface area contributed by atoms with Gasteiger partial charge in [-0.15, -0.1) is 69.7 Å². The number of carbonyl (C=O) groups is 3. The predicted molar refractivity (Wildman–Crippen MR) is 632 cm³/mol. The van der Waals surface area contributed by atoms with Gasteiger partial charge in [-0.25, -0.2) is 24.4 Å². The van der Waals surface area contributed by atoms with E-state index in [1.807, 2.05) is 199 Å². The van der Waals surface area contributed by atoms with Crippen LogP contribution in [-0.4, -0.2) is 188 Å². The van der Waals surface area contributed by atoms with Crippen molar-refractivity contribution < 1.29 is 49.0 Å². The number of non-ortho nitro benzene ring substituents is 2. The van der Waals surface area contributed by atoms with Crippen molar-refractivity contribution >= 4 is 188 Å². The van der Waals surface area contributed by atoms with Crippen LogP contribution in [0.5, 0.6) is 0 Å². The number of thiophene rings is 3. The molecule has 5 aromatic carbocycles. The van der Waals surface area contributed by atoms with Crippen molar-refractivity contribution in [2.45, 2.75) is 309 Å². The number of nitrogen functional groups attached to an aromatic ring is 1. The van der Waals surface area contributed by atoms with Gasteiger partial charge in [0, 0.05) is 172 Å². The highest BCUT2D eigenvalue weighted by molar-refractivity contribution is 14.0. The van der Waals surface area contributed by atoms with Crippen LogP contribution in [-0.2, 0) is 14.2 Å².